The summed E-state index contributed by atoms with van der Waals surface area (Å²) in [6.45, 7) is 19.7. The van der Waals surface area contributed by atoms with Crippen LogP contribution in [-0.4, -0.2) is 78.3 Å². The fourth-order valence-corrected chi connectivity index (χ4v) is 5.05. The van der Waals surface area contributed by atoms with Gasteiger partial charge in [-0.2, -0.15) is 5.10 Å². The Hall–Kier alpha value is -4.12. The fourth-order valence-electron chi connectivity index (χ4n) is 5.05. The molecule has 5 rings (SSSR count). The van der Waals surface area contributed by atoms with Gasteiger partial charge < -0.3 is 15.1 Å². The molecule has 41 heavy (non-hydrogen) atoms. The number of pyridine rings is 2. The number of aryl methyl sites for hydroxylation is 1. The fraction of sp³-hybridized carbons (Fsp3) is 0.467. The smallest absolute Gasteiger partial charge is 0.276 e. The van der Waals surface area contributed by atoms with Gasteiger partial charge in [0, 0.05) is 43.6 Å². The van der Waals surface area contributed by atoms with Gasteiger partial charge in [-0.05, 0) is 58.4 Å². The summed E-state index contributed by atoms with van der Waals surface area (Å²) in [6.07, 6.45) is 7.23. The molecule has 11 nitrogen and oxygen atoms in total. The van der Waals surface area contributed by atoms with Gasteiger partial charge in [-0.15, -0.1) is 5.10 Å². The number of nitrogens with one attached hydrogen (secondary N) is 1. The van der Waals surface area contributed by atoms with Crippen molar-refractivity contribution in [3.63, 3.8) is 0 Å². The summed E-state index contributed by atoms with van der Waals surface area (Å²) in [4.78, 5) is 27.0. The number of piperazine rings is 1. The number of aromatic nitrogens is 7. The molecule has 0 saturated carbocycles. The van der Waals surface area contributed by atoms with Gasteiger partial charge in [-0.25, -0.2) is 4.68 Å². The standard InChI is InChI=1S/C30H40N10O/c1-8-37-9-11-38(12-10-37)24-13-22(16-31-18-24)26-19-39(36-34-26)28-14-23(17-32-21(28)4)33-29(41)25-15-27(20(2)3)40(35-25)30(5,6)7/h13-20H,8-12H2,1-7H3,(H,33,41). The number of likely N-dealkylation sites (N-methyl/N-ethyl adjacent to an activating group) is 1. The monoisotopic (exact) mass is 556 g/mol. The predicted molar refractivity (Wildman–Crippen MR) is 161 cm³/mol. The van der Waals surface area contributed by atoms with E-state index in [2.05, 4.69) is 88.1 Å². The van der Waals surface area contributed by atoms with Gasteiger partial charge in [0.25, 0.3) is 5.91 Å². The highest BCUT2D eigenvalue weighted by Crippen LogP contribution is 2.26. The molecular formula is C30H40N10O. The van der Waals surface area contributed by atoms with E-state index in [1.54, 1.807) is 10.9 Å². The van der Waals surface area contributed by atoms with Crippen molar-refractivity contribution in [2.45, 2.75) is 59.9 Å². The molecular weight excluding hydrogens is 516 g/mol. The lowest BCUT2D eigenvalue weighted by molar-refractivity contribution is 0.102. The Kier molecular flexibility index (Phi) is 7.90. The van der Waals surface area contributed by atoms with E-state index in [0.29, 0.717) is 17.1 Å². The molecule has 1 aliphatic heterocycles. The second-order valence-electron chi connectivity index (χ2n) is 11.9. The minimum atomic E-state index is -0.284. The molecule has 1 aliphatic rings. The lowest BCUT2D eigenvalue weighted by atomic mass is 10.1. The molecule has 0 unspecified atom stereocenters. The maximum Gasteiger partial charge on any atom is 0.276 e. The average Bonchev–Trinajstić information content (AvgIpc) is 3.63. The molecule has 4 aromatic heterocycles. The lowest BCUT2D eigenvalue weighted by Crippen LogP contribution is -2.46. The van der Waals surface area contributed by atoms with Crippen molar-refractivity contribution < 1.29 is 4.79 Å². The molecule has 216 valence electrons. The zero-order valence-electron chi connectivity index (χ0n) is 25.1. The molecule has 1 fully saturated rings. The SMILES string of the molecule is CCN1CCN(c2cncc(-c3cn(-c4cc(NC(=O)c5cc(C(C)C)n(C(C)(C)C)n5)cnc4C)nn3)c2)CC1. The zero-order chi connectivity index (χ0) is 29.3. The Balaban J connectivity index is 1.35. The van der Waals surface area contributed by atoms with E-state index in [1.165, 1.54) is 0 Å². The highest BCUT2D eigenvalue weighted by molar-refractivity contribution is 6.03. The van der Waals surface area contributed by atoms with Gasteiger partial charge in [0.1, 0.15) is 5.69 Å². The first-order valence-electron chi connectivity index (χ1n) is 14.3. The minimum Gasteiger partial charge on any atom is -0.368 e. The third-order valence-electron chi connectivity index (χ3n) is 7.46. The second-order valence-corrected chi connectivity index (χ2v) is 11.9. The third-order valence-corrected chi connectivity index (χ3v) is 7.46. The number of amides is 1. The van der Waals surface area contributed by atoms with Gasteiger partial charge in [0.05, 0.1) is 46.9 Å². The Labute approximate surface area is 241 Å². The highest BCUT2D eigenvalue weighted by Gasteiger charge is 2.24. The molecule has 1 amide bonds. The Morgan fingerprint density at radius 1 is 1.05 bits per heavy atom. The van der Waals surface area contributed by atoms with Crippen molar-refractivity contribution in [1.29, 1.82) is 0 Å². The lowest BCUT2D eigenvalue weighted by Gasteiger charge is -2.35. The van der Waals surface area contributed by atoms with Crippen molar-refractivity contribution in [3.05, 3.63) is 60.1 Å². The van der Waals surface area contributed by atoms with E-state index in [9.17, 15) is 4.79 Å². The number of hydrogen-bond donors (Lipinski definition) is 1. The topological polar surface area (TPSA) is 110 Å². The Morgan fingerprint density at radius 2 is 1.80 bits per heavy atom. The summed E-state index contributed by atoms with van der Waals surface area (Å²) in [7, 11) is 0. The number of carbonyl (C=O) groups excluding carboxylic acids is 1. The Bertz CT molecular complexity index is 1520. The van der Waals surface area contributed by atoms with Crippen LogP contribution in [0.15, 0.2) is 43.0 Å². The van der Waals surface area contributed by atoms with Crippen LogP contribution in [0.3, 0.4) is 0 Å². The number of hydrogen-bond acceptors (Lipinski definition) is 8. The third kappa shape index (κ3) is 6.14. The summed E-state index contributed by atoms with van der Waals surface area (Å²) in [5.41, 5.74) is 5.90. The van der Waals surface area contributed by atoms with Gasteiger partial charge in [0.2, 0.25) is 0 Å². The number of nitrogens with zero attached hydrogens (tertiary/aromatic N) is 9. The first-order valence-corrected chi connectivity index (χ1v) is 14.3. The summed E-state index contributed by atoms with van der Waals surface area (Å²) < 4.78 is 3.61. The minimum absolute atomic E-state index is 0.236. The molecule has 0 aromatic carbocycles. The average molecular weight is 557 g/mol. The maximum absolute atomic E-state index is 13.2. The van der Waals surface area contributed by atoms with Crippen LogP contribution in [0.2, 0.25) is 0 Å². The normalized spacial score (nSPS) is 14.6. The number of rotatable bonds is 7. The molecule has 4 aromatic rings. The molecule has 11 heteroatoms. The van der Waals surface area contributed by atoms with Crippen LogP contribution in [0.5, 0.6) is 0 Å². The highest BCUT2D eigenvalue weighted by atomic mass is 16.2. The van der Waals surface area contributed by atoms with Crippen molar-refractivity contribution in [1.82, 2.24) is 39.6 Å². The number of carbonyl (C=O) groups is 1. The summed E-state index contributed by atoms with van der Waals surface area (Å²) in [5, 5.41) is 16.4. The molecule has 0 aliphatic carbocycles. The van der Waals surface area contributed by atoms with Crippen LogP contribution >= 0.6 is 0 Å². The maximum atomic E-state index is 13.2. The van der Waals surface area contributed by atoms with Gasteiger partial charge in [-0.1, -0.05) is 26.0 Å². The van der Waals surface area contributed by atoms with E-state index in [4.69, 9.17) is 0 Å². The van der Waals surface area contributed by atoms with Crippen LogP contribution in [-0.2, 0) is 5.54 Å². The van der Waals surface area contributed by atoms with Crippen LogP contribution in [0, 0.1) is 6.92 Å². The van der Waals surface area contributed by atoms with Crippen LogP contribution < -0.4 is 10.2 Å². The van der Waals surface area contributed by atoms with E-state index in [1.807, 2.05) is 42.3 Å². The van der Waals surface area contributed by atoms with Crippen LogP contribution in [0.4, 0.5) is 11.4 Å². The molecule has 5 heterocycles. The molecule has 0 spiro atoms. The van der Waals surface area contributed by atoms with E-state index >= 15 is 0 Å². The van der Waals surface area contributed by atoms with Crippen molar-refractivity contribution in [2.24, 2.45) is 0 Å². The van der Waals surface area contributed by atoms with Gasteiger partial charge in [0.15, 0.2) is 5.69 Å². The van der Waals surface area contributed by atoms with E-state index < -0.39 is 0 Å². The summed E-state index contributed by atoms with van der Waals surface area (Å²) >= 11 is 0. The van der Waals surface area contributed by atoms with Gasteiger partial charge >= 0.3 is 0 Å². The summed E-state index contributed by atoms with van der Waals surface area (Å²) in [6, 6.07) is 5.83. The quantitative estimate of drug-likeness (QED) is 0.354. The van der Waals surface area contributed by atoms with Crippen molar-refractivity contribution >= 4 is 17.3 Å². The van der Waals surface area contributed by atoms with Crippen molar-refractivity contribution in [3.8, 4) is 16.9 Å². The first-order chi connectivity index (χ1) is 19.5. The zero-order valence-corrected chi connectivity index (χ0v) is 25.1. The molecule has 1 saturated heterocycles. The summed E-state index contributed by atoms with van der Waals surface area (Å²) in [5.74, 6) is -0.0481. The van der Waals surface area contributed by atoms with Crippen LogP contribution in [0.25, 0.3) is 16.9 Å². The number of anilines is 2. The Morgan fingerprint density at radius 3 is 2.46 bits per heavy atom. The van der Waals surface area contributed by atoms with Gasteiger partial charge in [-0.3, -0.25) is 19.4 Å². The van der Waals surface area contributed by atoms with E-state index in [0.717, 1.165) is 61.0 Å². The largest absolute Gasteiger partial charge is 0.368 e. The van der Waals surface area contributed by atoms with Crippen molar-refractivity contribution in [2.75, 3.05) is 42.9 Å². The first kappa shape index (κ1) is 28.4. The second kappa shape index (κ2) is 11.4. The van der Waals surface area contributed by atoms with E-state index in [-0.39, 0.29) is 17.4 Å². The molecule has 0 bridgehead atoms. The predicted octanol–water partition coefficient (Wildman–Crippen LogP) is 4.50. The molecule has 1 N–H and O–H groups in total. The van der Waals surface area contributed by atoms with Crippen LogP contribution in [0.1, 0.15) is 69.3 Å². The molecule has 0 radical (unpaired) electrons. The molecule has 0 atom stereocenters.